The van der Waals surface area contributed by atoms with Crippen molar-refractivity contribution in [3.63, 3.8) is 0 Å². The van der Waals surface area contributed by atoms with E-state index in [0.29, 0.717) is 10.8 Å². The van der Waals surface area contributed by atoms with Crippen molar-refractivity contribution in [1.82, 2.24) is 4.98 Å². The van der Waals surface area contributed by atoms with Crippen LogP contribution in [0.3, 0.4) is 0 Å². The molecule has 0 spiro atoms. The van der Waals surface area contributed by atoms with Crippen LogP contribution in [0.1, 0.15) is 10.4 Å². The molecule has 0 unspecified atom stereocenters. The van der Waals surface area contributed by atoms with Crippen molar-refractivity contribution in [3.8, 4) is 5.75 Å². The van der Waals surface area contributed by atoms with Gasteiger partial charge in [-0.25, -0.2) is 4.39 Å². The molecule has 92 valence electrons. The number of ketones is 1. The number of benzene rings is 1. The molecule has 0 saturated heterocycles. The Morgan fingerprint density at radius 2 is 2.17 bits per heavy atom. The summed E-state index contributed by atoms with van der Waals surface area (Å²) in [5, 5.41) is 0.521. The maximum absolute atomic E-state index is 12.9. The standard InChI is InChI=1S/C13H9ClFNO2/c14-10-2-1-3-12(5-10)18-8-13(17)9-4-11(15)7-16-6-9/h1-7H,8H2. The Balaban J connectivity index is 2.00. The third-order valence-electron chi connectivity index (χ3n) is 2.19. The van der Waals surface area contributed by atoms with Crippen molar-refractivity contribution in [2.75, 3.05) is 6.61 Å². The van der Waals surface area contributed by atoms with Crippen LogP contribution in [0.2, 0.25) is 5.02 Å². The second kappa shape index (κ2) is 5.60. The Labute approximate surface area is 108 Å². The summed E-state index contributed by atoms with van der Waals surface area (Å²) in [5.41, 5.74) is 0.178. The van der Waals surface area contributed by atoms with Crippen LogP contribution in [0.4, 0.5) is 4.39 Å². The minimum absolute atomic E-state index is 0.178. The van der Waals surface area contributed by atoms with E-state index in [4.69, 9.17) is 16.3 Å². The predicted molar refractivity (Wildman–Crippen MR) is 65.5 cm³/mol. The highest BCUT2D eigenvalue weighted by molar-refractivity contribution is 6.30. The summed E-state index contributed by atoms with van der Waals surface area (Å²) in [5.74, 6) is -0.411. The minimum Gasteiger partial charge on any atom is -0.485 e. The van der Waals surface area contributed by atoms with Gasteiger partial charge in [-0.15, -0.1) is 0 Å². The zero-order valence-electron chi connectivity index (χ0n) is 9.27. The zero-order valence-corrected chi connectivity index (χ0v) is 10.0. The fourth-order valence-electron chi connectivity index (χ4n) is 1.35. The molecular formula is C13H9ClFNO2. The predicted octanol–water partition coefficient (Wildman–Crippen LogP) is 3.14. The van der Waals surface area contributed by atoms with E-state index in [0.717, 1.165) is 12.3 Å². The largest absolute Gasteiger partial charge is 0.485 e. The Bertz CT molecular complexity index is 574. The maximum atomic E-state index is 12.9. The van der Waals surface area contributed by atoms with Crippen molar-refractivity contribution in [2.45, 2.75) is 0 Å². The summed E-state index contributed by atoms with van der Waals surface area (Å²) < 4.78 is 18.1. The van der Waals surface area contributed by atoms with E-state index in [-0.39, 0.29) is 18.0 Å². The molecule has 0 radical (unpaired) electrons. The van der Waals surface area contributed by atoms with Crippen molar-refractivity contribution >= 4 is 17.4 Å². The average molecular weight is 266 g/mol. The Kier molecular flexibility index (Phi) is 3.89. The maximum Gasteiger partial charge on any atom is 0.201 e. The highest BCUT2D eigenvalue weighted by atomic mass is 35.5. The van der Waals surface area contributed by atoms with Gasteiger partial charge in [0.15, 0.2) is 6.61 Å². The molecule has 3 nitrogen and oxygen atoms in total. The molecule has 2 aromatic rings. The third-order valence-corrected chi connectivity index (χ3v) is 2.43. The van der Waals surface area contributed by atoms with Crippen LogP contribution >= 0.6 is 11.6 Å². The van der Waals surface area contributed by atoms with Crippen LogP contribution in [-0.4, -0.2) is 17.4 Å². The van der Waals surface area contributed by atoms with Crippen LogP contribution in [0.15, 0.2) is 42.7 Å². The molecular weight excluding hydrogens is 257 g/mol. The summed E-state index contributed by atoms with van der Waals surface area (Å²) in [6.07, 6.45) is 2.33. The quantitative estimate of drug-likeness (QED) is 0.797. The summed E-state index contributed by atoms with van der Waals surface area (Å²) in [6, 6.07) is 7.82. The number of Topliss-reactive ketones (excluding diaryl/α,β-unsaturated/α-hetero) is 1. The first-order valence-corrected chi connectivity index (χ1v) is 5.55. The summed E-state index contributed by atoms with van der Waals surface area (Å²) in [6.45, 7) is -0.189. The van der Waals surface area contributed by atoms with Crippen LogP contribution in [0.5, 0.6) is 5.75 Å². The zero-order chi connectivity index (χ0) is 13.0. The van der Waals surface area contributed by atoms with E-state index >= 15 is 0 Å². The first-order valence-electron chi connectivity index (χ1n) is 5.17. The second-order valence-corrected chi connectivity index (χ2v) is 4.00. The van der Waals surface area contributed by atoms with Crippen molar-refractivity contribution in [2.24, 2.45) is 0 Å². The monoisotopic (exact) mass is 265 g/mol. The fourth-order valence-corrected chi connectivity index (χ4v) is 1.53. The Morgan fingerprint density at radius 1 is 1.33 bits per heavy atom. The van der Waals surface area contributed by atoms with Gasteiger partial charge in [0.2, 0.25) is 5.78 Å². The van der Waals surface area contributed by atoms with Gasteiger partial charge in [0, 0.05) is 16.8 Å². The van der Waals surface area contributed by atoms with Gasteiger partial charge in [0.25, 0.3) is 0 Å². The lowest BCUT2D eigenvalue weighted by Gasteiger charge is -2.05. The minimum atomic E-state index is -0.552. The van der Waals surface area contributed by atoms with Crippen LogP contribution < -0.4 is 4.74 Å². The van der Waals surface area contributed by atoms with Gasteiger partial charge < -0.3 is 4.74 Å². The molecule has 0 saturated carbocycles. The number of pyridine rings is 1. The lowest BCUT2D eigenvalue weighted by atomic mass is 10.2. The number of halogens is 2. The van der Waals surface area contributed by atoms with Gasteiger partial charge in [-0.3, -0.25) is 9.78 Å². The molecule has 1 aromatic heterocycles. The summed E-state index contributed by atoms with van der Waals surface area (Å²) in [7, 11) is 0. The number of aromatic nitrogens is 1. The topological polar surface area (TPSA) is 39.2 Å². The first-order chi connectivity index (χ1) is 8.65. The van der Waals surface area contributed by atoms with Gasteiger partial charge in [0.1, 0.15) is 11.6 Å². The van der Waals surface area contributed by atoms with Crippen molar-refractivity contribution < 1.29 is 13.9 Å². The Hall–Kier alpha value is -1.94. The lowest BCUT2D eigenvalue weighted by molar-refractivity contribution is 0.0920. The van der Waals surface area contributed by atoms with E-state index in [1.807, 2.05) is 0 Å². The number of carbonyl (C=O) groups is 1. The van der Waals surface area contributed by atoms with Crippen LogP contribution in [-0.2, 0) is 0 Å². The van der Waals surface area contributed by atoms with Gasteiger partial charge in [-0.1, -0.05) is 17.7 Å². The third kappa shape index (κ3) is 3.28. The Morgan fingerprint density at radius 3 is 2.89 bits per heavy atom. The highest BCUT2D eigenvalue weighted by Gasteiger charge is 2.08. The number of nitrogens with zero attached hydrogens (tertiary/aromatic N) is 1. The highest BCUT2D eigenvalue weighted by Crippen LogP contribution is 2.17. The summed E-state index contributed by atoms with van der Waals surface area (Å²) in [4.78, 5) is 15.3. The number of hydrogen-bond donors (Lipinski definition) is 0. The van der Waals surface area contributed by atoms with Crippen molar-refractivity contribution in [3.05, 3.63) is 59.1 Å². The number of carbonyl (C=O) groups excluding carboxylic acids is 1. The molecule has 5 heteroatoms. The molecule has 0 fully saturated rings. The molecule has 0 bridgehead atoms. The van der Waals surface area contributed by atoms with Crippen LogP contribution in [0.25, 0.3) is 0 Å². The molecule has 0 aliphatic carbocycles. The molecule has 0 atom stereocenters. The average Bonchev–Trinajstić information content (AvgIpc) is 2.36. The first kappa shape index (κ1) is 12.5. The number of ether oxygens (including phenoxy) is 1. The molecule has 0 aliphatic rings. The van der Waals surface area contributed by atoms with Gasteiger partial charge in [0.05, 0.1) is 6.20 Å². The normalized spacial score (nSPS) is 10.1. The number of hydrogen-bond acceptors (Lipinski definition) is 3. The molecule has 0 N–H and O–H groups in total. The molecule has 1 heterocycles. The second-order valence-electron chi connectivity index (χ2n) is 3.56. The molecule has 2 rings (SSSR count). The SMILES string of the molecule is O=C(COc1cccc(Cl)c1)c1cncc(F)c1. The van der Waals surface area contributed by atoms with E-state index in [1.54, 1.807) is 24.3 Å². The van der Waals surface area contributed by atoms with E-state index in [9.17, 15) is 9.18 Å². The molecule has 18 heavy (non-hydrogen) atoms. The smallest absolute Gasteiger partial charge is 0.201 e. The number of rotatable bonds is 4. The van der Waals surface area contributed by atoms with Gasteiger partial charge >= 0.3 is 0 Å². The van der Waals surface area contributed by atoms with Gasteiger partial charge in [-0.05, 0) is 24.3 Å². The van der Waals surface area contributed by atoms with E-state index in [1.165, 1.54) is 6.20 Å². The van der Waals surface area contributed by atoms with E-state index in [2.05, 4.69) is 4.98 Å². The van der Waals surface area contributed by atoms with Crippen molar-refractivity contribution in [1.29, 1.82) is 0 Å². The molecule has 1 aromatic carbocycles. The molecule has 0 amide bonds. The summed E-state index contributed by atoms with van der Waals surface area (Å²) >= 11 is 5.77. The van der Waals surface area contributed by atoms with E-state index < -0.39 is 5.82 Å². The van der Waals surface area contributed by atoms with Crippen LogP contribution in [0, 0.1) is 5.82 Å². The van der Waals surface area contributed by atoms with Gasteiger partial charge in [-0.2, -0.15) is 0 Å². The fraction of sp³-hybridized carbons (Fsp3) is 0.0769. The lowest BCUT2D eigenvalue weighted by Crippen LogP contribution is -2.12. The molecule has 0 aliphatic heterocycles.